The summed E-state index contributed by atoms with van der Waals surface area (Å²) in [7, 11) is 0. The molecule has 112 valence electrons. The van der Waals surface area contributed by atoms with E-state index in [2.05, 4.69) is 11.1 Å². The summed E-state index contributed by atoms with van der Waals surface area (Å²) < 4.78 is 15.7. The molecule has 1 unspecified atom stereocenters. The molecule has 0 aliphatic carbocycles. The lowest BCUT2D eigenvalue weighted by Gasteiger charge is -2.09. The molecule has 1 atom stereocenters. The number of aromatic nitrogens is 2. The molecule has 0 aliphatic heterocycles. The molecular formula is C19H14FN3. The van der Waals surface area contributed by atoms with Gasteiger partial charge in [-0.05, 0) is 23.3 Å². The zero-order valence-corrected chi connectivity index (χ0v) is 12.3. The molecule has 2 aromatic carbocycles. The number of alkyl halides is 1. The van der Waals surface area contributed by atoms with Crippen molar-refractivity contribution >= 4 is 12.2 Å². The van der Waals surface area contributed by atoms with Crippen LogP contribution in [-0.2, 0) is 0 Å². The molecule has 0 radical (unpaired) electrons. The van der Waals surface area contributed by atoms with Crippen LogP contribution < -0.4 is 0 Å². The van der Waals surface area contributed by atoms with Crippen LogP contribution >= 0.6 is 0 Å². The molecule has 23 heavy (non-hydrogen) atoms. The highest BCUT2D eigenvalue weighted by Gasteiger charge is 2.10. The third-order valence-electron chi connectivity index (χ3n) is 3.51. The molecule has 1 heterocycles. The Bertz CT molecular complexity index is 826. The molecule has 0 saturated heterocycles. The van der Waals surface area contributed by atoms with Gasteiger partial charge in [-0.15, -0.1) is 0 Å². The molecule has 3 nitrogen and oxygen atoms in total. The summed E-state index contributed by atoms with van der Waals surface area (Å²) in [5, 5.41) is 8.77. The third kappa shape index (κ3) is 3.53. The second kappa shape index (κ2) is 6.71. The fourth-order valence-corrected chi connectivity index (χ4v) is 2.20. The molecule has 0 aliphatic rings. The van der Waals surface area contributed by atoms with E-state index in [1.54, 1.807) is 36.7 Å². The van der Waals surface area contributed by atoms with Gasteiger partial charge in [-0.2, -0.15) is 5.26 Å². The van der Waals surface area contributed by atoms with Gasteiger partial charge in [0.25, 0.3) is 0 Å². The van der Waals surface area contributed by atoms with Crippen LogP contribution in [0.1, 0.15) is 28.5 Å². The Labute approximate surface area is 134 Å². The van der Waals surface area contributed by atoms with E-state index in [0.717, 1.165) is 11.1 Å². The van der Waals surface area contributed by atoms with Gasteiger partial charge in [-0.25, -0.2) is 9.37 Å². The minimum absolute atomic E-state index is 0.582. The van der Waals surface area contributed by atoms with Crippen LogP contribution in [0.3, 0.4) is 0 Å². The molecule has 4 heteroatoms. The lowest BCUT2D eigenvalue weighted by Crippen LogP contribution is -2.02. The van der Waals surface area contributed by atoms with E-state index in [9.17, 15) is 4.39 Å². The molecular weight excluding hydrogens is 289 g/mol. The number of halogens is 1. The van der Waals surface area contributed by atoms with Crippen molar-refractivity contribution in [1.29, 1.82) is 5.26 Å². The van der Waals surface area contributed by atoms with E-state index in [-0.39, 0.29) is 0 Å². The molecule has 0 amide bonds. The maximum atomic E-state index is 14.2. The van der Waals surface area contributed by atoms with Gasteiger partial charge in [0.15, 0.2) is 0 Å². The molecule has 0 saturated carbocycles. The molecule has 0 fully saturated rings. The number of imidazole rings is 1. The van der Waals surface area contributed by atoms with Crippen LogP contribution in [0.25, 0.3) is 12.2 Å². The van der Waals surface area contributed by atoms with Crippen molar-refractivity contribution in [2.24, 2.45) is 0 Å². The number of hydrogen-bond donors (Lipinski definition) is 0. The van der Waals surface area contributed by atoms with Crippen molar-refractivity contribution < 1.29 is 4.39 Å². The summed E-state index contributed by atoms with van der Waals surface area (Å²) in [4.78, 5) is 3.85. The maximum Gasteiger partial charge on any atom is 0.202 e. The van der Waals surface area contributed by atoms with Crippen LogP contribution in [-0.4, -0.2) is 9.55 Å². The maximum absolute atomic E-state index is 14.2. The Morgan fingerprint density at radius 1 is 1.00 bits per heavy atom. The predicted molar refractivity (Wildman–Crippen MR) is 88.0 cm³/mol. The van der Waals surface area contributed by atoms with E-state index >= 15 is 0 Å². The van der Waals surface area contributed by atoms with E-state index in [1.165, 1.54) is 10.9 Å². The second-order valence-electron chi connectivity index (χ2n) is 5.08. The van der Waals surface area contributed by atoms with Crippen molar-refractivity contribution in [1.82, 2.24) is 9.55 Å². The molecule has 0 bridgehead atoms. The number of hydrogen-bond acceptors (Lipinski definition) is 2. The molecule has 3 rings (SSSR count). The average Bonchev–Trinajstić information content (AvgIpc) is 3.15. The Morgan fingerprint density at radius 2 is 1.61 bits per heavy atom. The minimum atomic E-state index is -1.23. The van der Waals surface area contributed by atoms with Gasteiger partial charge in [-0.3, -0.25) is 0 Å². The van der Waals surface area contributed by atoms with Crippen molar-refractivity contribution in [2.45, 2.75) is 6.30 Å². The van der Waals surface area contributed by atoms with Gasteiger partial charge in [0.1, 0.15) is 0 Å². The van der Waals surface area contributed by atoms with Gasteiger partial charge in [-0.1, -0.05) is 48.6 Å². The Hall–Kier alpha value is -3.19. The molecule has 0 N–H and O–H groups in total. The van der Waals surface area contributed by atoms with E-state index in [0.29, 0.717) is 11.1 Å². The van der Waals surface area contributed by atoms with Gasteiger partial charge in [0.2, 0.25) is 6.30 Å². The van der Waals surface area contributed by atoms with Crippen LogP contribution in [0.5, 0.6) is 0 Å². The second-order valence-corrected chi connectivity index (χ2v) is 5.08. The highest BCUT2D eigenvalue weighted by molar-refractivity contribution is 5.69. The average molecular weight is 303 g/mol. The summed E-state index contributed by atoms with van der Waals surface area (Å²) in [5.74, 6) is 0. The summed E-state index contributed by atoms with van der Waals surface area (Å²) >= 11 is 0. The van der Waals surface area contributed by atoms with Crippen LogP contribution in [0.2, 0.25) is 0 Å². The summed E-state index contributed by atoms with van der Waals surface area (Å²) in [6, 6.07) is 16.7. The third-order valence-corrected chi connectivity index (χ3v) is 3.51. The largest absolute Gasteiger partial charge is 0.303 e. The minimum Gasteiger partial charge on any atom is -0.303 e. The van der Waals surface area contributed by atoms with Gasteiger partial charge in [0, 0.05) is 18.0 Å². The summed E-state index contributed by atoms with van der Waals surface area (Å²) in [6.07, 6.45) is 7.30. The predicted octanol–water partition coefficient (Wildman–Crippen LogP) is 4.44. The number of nitrogens with zero attached hydrogens (tertiary/aromatic N) is 3. The summed E-state index contributed by atoms with van der Waals surface area (Å²) in [5.41, 5.74) is 3.21. The molecule has 0 spiro atoms. The van der Waals surface area contributed by atoms with Crippen molar-refractivity contribution in [3.63, 3.8) is 0 Å². The Kier molecular flexibility index (Phi) is 4.30. The first-order valence-electron chi connectivity index (χ1n) is 7.16. The fourth-order valence-electron chi connectivity index (χ4n) is 2.20. The molecule has 3 aromatic rings. The number of benzene rings is 2. The lowest BCUT2D eigenvalue weighted by molar-refractivity contribution is 0.295. The molecule has 1 aromatic heterocycles. The zero-order chi connectivity index (χ0) is 16.1. The van der Waals surface area contributed by atoms with E-state index in [4.69, 9.17) is 5.26 Å². The lowest BCUT2D eigenvalue weighted by atomic mass is 10.1. The van der Waals surface area contributed by atoms with E-state index < -0.39 is 6.30 Å². The van der Waals surface area contributed by atoms with Crippen molar-refractivity contribution in [3.05, 3.63) is 89.5 Å². The Morgan fingerprint density at radius 3 is 2.13 bits per heavy atom. The number of nitriles is 1. The quantitative estimate of drug-likeness (QED) is 0.669. The Balaban J connectivity index is 1.72. The smallest absolute Gasteiger partial charge is 0.202 e. The van der Waals surface area contributed by atoms with E-state index in [1.807, 2.05) is 36.4 Å². The van der Waals surface area contributed by atoms with Gasteiger partial charge in [0.05, 0.1) is 18.0 Å². The highest BCUT2D eigenvalue weighted by atomic mass is 19.1. The van der Waals surface area contributed by atoms with Crippen molar-refractivity contribution in [3.8, 4) is 6.07 Å². The first kappa shape index (κ1) is 14.7. The monoisotopic (exact) mass is 303 g/mol. The van der Waals surface area contributed by atoms with Crippen LogP contribution in [0.15, 0.2) is 67.3 Å². The zero-order valence-electron chi connectivity index (χ0n) is 12.3. The summed E-state index contributed by atoms with van der Waals surface area (Å²) in [6.45, 7) is 0. The fraction of sp³-hybridized carbons (Fsp3) is 0.0526. The first-order valence-corrected chi connectivity index (χ1v) is 7.16. The van der Waals surface area contributed by atoms with Gasteiger partial charge >= 0.3 is 0 Å². The number of rotatable bonds is 4. The standard InChI is InChI=1S/C19H14FN3/c20-19(23-12-11-22-14-23)18-9-7-16(8-10-18)2-1-15-3-5-17(13-21)6-4-15/h1-12,14,19H/b2-1-. The topological polar surface area (TPSA) is 41.6 Å². The van der Waals surface area contributed by atoms with Crippen LogP contribution in [0.4, 0.5) is 4.39 Å². The van der Waals surface area contributed by atoms with Gasteiger partial charge < -0.3 is 4.57 Å². The van der Waals surface area contributed by atoms with Crippen molar-refractivity contribution in [2.75, 3.05) is 0 Å². The normalized spacial score (nSPS) is 12.2. The SMILES string of the molecule is N#Cc1ccc(/C=C\c2ccc(C(F)n3ccnc3)cc2)cc1. The first-order chi connectivity index (χ1) is 11.3. The van der Waals surface area contributed by atoms with Crippen LogP contribution in [0, 0.1) is 11.3 Å². The highest BCUT2D eigenvalue weighted by Crippen LogP contribution is 2.20.